The first-order chi connectivity index (χ1) is 8.53. The predicted octanol–water partition coefficient (Wildman–Crippen LogP) is 3.15. The maximum Gasteiger partial charge on any atom is 0.244 e. The van der Waals surface area contributed by atoms with Crippen LogP contribution in [0.4, 0.5) is 0 Å². The lowest BCUT2D eigenvalue weighted by Crippen LogP contribution is -2.44. The molecule has 1 aliphatic heterocycles. The van der Waals surface area contributed by atoms with Gasteiger partial charge in [-0.15, -0.1) is 11.3 Å². The van der Waals surface area contributed by atoms with E-state index in [9.17, 15) is 4.79 Å². The third kappa shape index (κ3) is 2.08. The first kappa shape index (κ1) is 13.6. The summed E-state index contributed by atoms with van der Waals surface area (Å²) in [5, 5.41) is 5.59. The topological polar surface area (TPSA) is 32.3 Å². The van der Waals surface area contributed by atoms with E-state index in [1.807, 2.05) is 17.9 Å². The lowest BCUT2D eigenvalue weighted by molar-refractivity contribution is -0.134. The SMILES string of the molecule is CCC(C)N1C(=O)C(C)(CC)NC1c1cccs1. The van der Waals surface area contributed by atoms with Gasteiger partial charge in [-0.05, 0) is 38.1 Å². The van der Waals surface area contributed by atoms with Crippen LogP contribution in [0.25, 0.3) is 0 Å². The fourth-order valence-electron chi connectivity index (χ4n) is 2.39. The molecule has 18 heavy (non-hydrogen) atoms. The zero-order valence-electron chi connectivity index (χ0n) is 11.6. The zero-order chi connectivity index (χ0) is 13.3. The van der Waals surface area contributed by atoms with Gasteiger partial charge in [0.25, 0.3) is 0 Å². The fraction of sp³-hybridized carbons (Fsp3) is 0.643. The van der Waals surface area contributed by atoms with Crippen LogP contribution in [0.5, 0.6) is 0 Å². The molecule has 1 N–H and O–H groups in total. The van der Waals surface area contributed by atoms with Gasteiger partial charge in [0.1, 0.15) is 6.17 Å². The Bertz CT molecular complexity index is 417. The van der Waals surface area contributed by atoms with Crippen LogP contribution in [0, 0.1) is 0 Å². The van der Waals surface area contributed by atoms with Gasteiger partial charge in [0.15, 0.2) is 0 Å². The molecule has 3 atom stereocenters. The molecule has 0 aliphatic carbocycles. The zero-order valence-corrected chi connectivity index (χ0v) is 12.4. The van der Waals surface area contributed by atoms with Crippen LogP contribution in [0.3, 0.4) is 0 Å². The summed E-state index contributed by atoms with van der Waals surface area (Å²) in [7, 11) is 0. The molecule has 0 spiro atoms. The highest BCUT2D eigenvalue weighted by molar-refractivity contribution is 7.10. The maximum absolute atomic E-state index is 12.6. The van der Waals surface area contributed by atoms with Crippen molar-refractivity contribution < 1.29 is 4.79 Å². The van der Waals surface area contributed by atoms with Crippen LogP contribution in [0.1, 0.15) is 51.6 Å². The van der Waals surface area contributed by atoms with Crippen molar-refractivity contribution in [2.45, 2.75) is 58.3 Å². The van der Waals surface area contributed by atoms with Crippen LogP contribution < -0.4 is 5.32 Å². The molecule has 0 bridgehead atoms. The van der Waals surface area contributed by atoms with Gasteiger partial charge in [-0.1, -0.05) is 19.9 Å². The summed E-state index contributed by atoms with van der Waals surface area (Å²) in [5.41, 5.74) is -0.419. The highest BCUT2D eigenvalue weighted by Crippen LogP contribution is 2.36. The molecule has 1 saturated heterocycles. The Morgan fingerprint density at radius 2 is 2.28 bits per heavy atom. The second kappa shape index (κ2) is 5.02. The van der Waals surface area contributed by atoms with Crippen molar-refractivity contribution in [1.29, 1.82) is 0 Å². The minimum absolute atomic E-state index is 0.0393. The average Bonchev–Trinajstić information content (AvgIpc) is 2.97. The molecule has 3 unspecified atom stereocenters. The van der Waals surface area contributed by atoms with Gasteiger partial charge in [0, 0.05) is 10.9 Å². The highest BCUT2D eigenvalue weighted by Gasteiger charge is 2.48. The molecule has 1 aromatic heterocycles. The van der Waals surface area contributed by atoms with Crippen molar-refractivity contribution in [3.8, 4) is 0 Å². The van der Waals surface area contributed by atoms with E-state index in [2.05, 4.69) is 37.5 Å². The van der Waals surface area contributed by atoms with E-state index < -0.39 is 5.54 Å². The third-order valence-corrected chi connectivity index (χ3v) is 4.95. The molecule has 100 valence electrons. The smallest absolute Gasteiger partial charge is 0.244 e. The number of carbonyl (C=O) groups excluding carboxylic acids is 1. The van der Waals surface area contributed by atoms with Crippen molar-refractivity contribution in [3.63, 3.8) is 0 Å². The Hall–Kier alpha value is -0.870. The number of carbonyl (C=O) groups is 1. The summed E-state index contributed by atoms with van der Waals surface area (Å²) >= 11 is 1.71. The van der Waals surface area contributed by atoms with E-state index >= 15 is 0 Å². The quantitative estimate of drug-likeness (QED) is 0.908. The second-order valence-corrected chi connectivity index (χ2v) is 6.20. The number of hydrogen-bond donors (Lipinski definition) is 1. The lowest BCUT2D eigenvalue weighted by atomic mass is 9.99. The van der Waals surface area contributed by atoms with Crippen LogP contribution >= 0.6 is 11.3 Å². The predicted molar refractivity (Wildman–Crippen MR) is 75.5 cm³/mol. The van der Waals surface area contributed by atoms with Crippen molar-refractivity contribution in [2.24, 2.45) is 0 Å². The van der Waals surface area contributed by atoms with E-state index in [4.69, 9.17) is 0 Å². The molecule has 1 fully saturated rings. The van der Waals surface area contributed by atoms with Crippen molar-refractivity contribution in [1.82, 2.24) is 10.2 Å². The van der Waals surface area contributed by atoms with Gasteiger partial charge in [-0.25, -0.2) is 0 Å². The first-order valence-corrected chi connectivity index (χ1v) is 7.55. The molecule has 1 aliphatic rings. The largest absolute Gasteiger partial charge is 0.318 e. The van der Waals surface area contributed by atoms with Gasteiger partial charge in [-0.3, -0.25) is 10.1 Å². The van der Waals surface area contributed by atoms with Crippen molar-refractivity contribution in [3.05, 3.63) is 22.4 Å². The monoisotopic (exact) mass is 266 g/mol. The molecule has 3 nitrogen and oxygen atoms in total. The average molecular weight is 266 g/mol. The van der Waals surface area contributed by atoms with Gasteiger partial charge in [-0.2, -0.15) is 0 Å². The van der Waals surface area contributed by atoms with Crippen LogP contribution in [0.2, 0.25) is 0 Å². The summed E-state index contributed by atoms with van der Waals surface area (Å²) in [6.07, 6.45) is 1.84. The number of nitrogens with one attached hydrogen (secondary N) is 1. The highest BCUT2D eigenvalue weighted by atomic mass is 32.1. The van der Waals surface area contributed by atoms with Gasteiger partial charge >= 0.3 is 0 Å². The number of hydrogen-bond acceptors (Lipinski definition) is 3. The summed E-state index contributed by atoms with van der Waals surface area (Å²) in [6, 6.07) is 4.42. The van der Waals surface area contributed by atoms with Crippen LogP contribution in [0.15, 0.2) is 17.5 Å². The Labute approximate surface area is 113 Å². The van der Waals surface area contributed by atoms with Crippen molar-refractivity contribution in [2.75, 3.05) is 0 Å². The Kier molecular flexibility index (Phi) is 3.78. The van der Waals surface area contributed by atoms with Gasteiger partial charge in [0.2, 0.25) is 5.91 Å². The van der Waals surface area contributed by atoms with Gasteiger partial charge < -0.3 is 4.90 Å². The normalized spacial score (nSPS) is 29.9. The fourth-order valence-corrected chi connectivity index (χ4v) is 3.17. The van der Waals surface area contributed by atoms with Gasteiger partial charge in [0.05, 0.1) is 5.54 Å². The maximum atomic E-state index is 12.6. The molecular weight excluding hydrogens is 244 g/mol. The molecular formula is C14H22N2OS. The molecule has 0 aromatic carbocycles. The standard InChI is InChI=1S/C14H22N2OS/c1-5-10(3)16-12(11-8-7-9-18-11)15-14(4,6-2)13(16)17/h7-10,12,15H,5-6H2,1-4H3. The molecule has 4 heteroatoms. The molecule has 1 aromatic rings. The van der Waals surface area contributed by atoms with E-state index in [1.165, 1.54) is 4.88 Å². The molecule has 2 rings (SSSR count). The third-order valence-electron chi connectivity index (χ3n) is 4.03. The summed E-state index contributed by atoms with van der Waals surface area (Å²) in [6.45, 7) is 8.33. The lowest BCUT2D eigenvalue weighted by Gasteiger charge is -2.29. The summed E-state index contributed by atoms with van der Waals surface area (Å²) in [5.74, 6) is 0.234. The number of amides is 1. The van der Waals surface area contributed by atoms with E-state index in [0.29, 0.717) is 0 Å². The molecule has 2 heterocycles. The van der Waals surface area contributed by atoms with Crippen LogP contribution in [-0.2, 0) is 4.79 Å². The Morgan fingerprint density at radius 3 is 2.78 bits per heavy atom. The van der Waals surface area contributed by atoms with Crippen LogP contribution in [-0.4, -0.2) is 22.4 Å². The molecule has 0 radical (unpaired) electrons. The summed E-state index contributed by atoms with van der Waals surface area (Å²) in [4.78, 5) is 15.9. The first-order valence-electron chi connectivity index (χ1n) is 6.67. The van der Waals surface area contributed by atoms with E-state index in [-0.39, 0.29) is 18.1 Å². The number of rotatable bonds is 4. The minimum Gasteiger partial charge on any atom is -0.318 e. The molecule has 1 amide bonds. The number of nitrogens with zero attached hydrogens (tertiary/aromatic N) is 1. The Balaban J connectivity index is 2.35. The van der Waals surface area contributed by atoms with Crippen molar-refractivity contribution >= 4 is 17.2 Å². The van der Waals surface area contributed by atoms with E-state index in [0.717, 1.165) is 12.8 Å². The molecule has 0 saturated carbocycles. The second-order valence-electron chi connectivity index (χ2n) is 5.22. The van der Waals surface area contributed by atoms with E-state index in [1.54, 1.807) is 11.3 Å². The number of thiophene rings is 1. The minimum atomic E-state index is -0.419. The Morgan fingerprint density at radius 1 is 1.56 bits per heavy atom. The summed E-state index contributed by atoms with van der Waals surface area (Å²) < 4.78 is 0.